The third-order valence-corrected chi connectivity index (χ3v) is 3.02. The van der Waals surface area contributed by atoms with Crippen molar-refractivity contribution < 1.29 is 13.9 Å². The molecule has 0 saturated carbocycles. The standard InChI is InChI=1S/C12H11BrFNO2/c1-2-17-12(16)10-5-8-3-7(6-14)4-9(13)11(8)15-10/h3-5,15H,2,6H2,1H3. The van der Waals surface area contributed by atoms with Gasteiger partial charge in [0.25, 0.3) is 0 Å². The lowest BCUT2D eigenvalue weighted by Crippen LogP contribution is -2.04. The topological polar surface area (TPSA) is 42.1 Å². The van der Waals surface area contributed by atoms with Crippen molar-refractivity contribution in [3.8, 4) is 0 Å². The summed E-state index contributed by atoms with van der Waals surface area (Å²) in [6.45, 7) is 1.54. The third kappa shape index (κ3) is 2.34. The third-order valence-electron chi connectivity index (χ3n) is 2.39. The monoisotopic (exact) mass is 299 g/mol. The Morgan fingerprint density at radius 3 is 2.88 bits per heavy atom. The van der Waals surface area contributed by atoms with E-state index in [0.717, 1.165) is 15.4 Å². The average Bonchev–Trinajstić information content (AvgIpc) is 2.73. The summed E-state index contributed by atoms with van der Waals surface area (Å²) in [4.78, 5) is 14.5. The number of aromatic amines is 1. The van der Waals surface area contributed by atoms with Crippen molar-refractivity contribution in [2.24, 2.45) is 0 Å². The molecule has 0 bridgehead atoms. The van der Waals surface area contributed by atoms with Crippen molar-refractivity contribution >= 4 is 32.8 Å². The van der Waals surface area contributed by atoms with Crippen molar-refractivity contribution in [3.63, 3.8) is 0 Å². The van der Waals surface area contributed by atoms with Gasteiger partial charge in [-0.05, 0) is 46.6 Å². The summed E-state index contributed by atoms with van der Waals surface area (Å²) in [6, 6.07) is 5.06. The Morgan fingerprint density at radius 2 is 2.24 bits per heavy atom. The number of rotatable bonds is 3. The second kappa shape index (κ2) is 4.87. The number of carbonyl (C=O) groups is 1. The Hall–Kier alpha value is -1.36. The van der Waals surface area contributed by atoms with E-state index in [9.17, 15) is 9.18 Å². The molecule has 0 spiro atoms. The molecule has 0 fully saturated rings. The van der Waals surface area contributed by atoms with Gasteiger partial charge in [-0.15, -0.1) is 0 Å². The molecule has 2 rings (SSSR count). The lowest BCUT2D eigenvalue weighted by Gasteiger charge is -1.98. The van der Waals surface area contributed by atoms with E-state index in [4.69, 9.17) is 4.74 Å². The largest absolute Gasteiger partial charge is 0.461 e. The number of nitrogens with one attached hydrogen (secondary N) is 1. The molecule has 0 unspecified atom stereocenters. The fourth-order valence-electron chi connectivity index (χ4n) is 1.65. The van der Waals surface area contributed by atoms with Gasteiger partial charge in [0.05, 0.1) is 12.1 Å². The van der Waals surface area contributed by atoms with Crippen molar-refractivity contribution in [2.75, 3.05) is 6.61 Å². The number of hydrogen-bond acceptors (Lipinski definition) is 2. The minimum atomic E-state index is -0.533. The number of aromatic nitrogens is 1. The molecule has 17 heavy (non-hydrogen) atoms. The van der Waals surface area contributed by atoms with Gasteiger partial charge in [0.2, 0.25) is 0 Å². The zero-order chi connectivity index (χ0) is 12.4. The second-order valence-electron chi connectivity index (χ2n) is 3.58. The van der Waals surface area contributed by atoms with E-state index in [-0.39, 0.29) is 0 Å². The SMILES string of the molecule is CCOC(=O)c1cc2cc(CF)cc(Br)c2[nH]1. The molecule has 3 nitrogen and oxygen atoms in total. The van der Waals surface area contributed by atoms with Crippen LogP contribution >= 0.6 is 15.9 Å². The van der Waals surface area contributed by atoms with Crippen molar-refractivity contribution in [1.82, 2.24) is 4.98 Å². The number of carbonyl (C=O) groups excluding carboxylic acids is 1. The van der Waals surface area contributed by atoms with E-state index in [1.807, 2.05) is 0 Å². The van der Waals surface area contributed by atoms with Crippen LogP contribution < -0.4 is 0 Å². The van der Waals surface area contributed by atoms with Crippen LogP contribution in [-0.4, -0.2) is 17.6 Å². The van der Waals surface area contributed by atoms with E-state index < -0.39 is 12.6 Å². The molecule has 2 aromatic rings. The van der Waals surface area contributed by atoms with Gasteiger partial charge in [-0.2, -0.15) is 0 Å². The van der Waals surface area contributed by atoms with Crippen LogP contribution in [0.4, 0.5) is 4.39 Å². The number of benzene rings is 1. The Kier molecular flexibility index (Phi) is 3.47. The predicted molar refractivity (Wildman–Crippen MR) is 66.8 cm³/mol. The summed E-state index contributed by atoms with van der Waals surface area (Å²) >= 11 is 3.34. The molecule has 0 radical (unpaired) electrons. The Bertz CT molecular complexity index is 565. The zero-order valence-electron chi connectivity index (χ0n) is 9.22. The van der Waals surface area contributed by atoms with Gasteiger partial charge in [-0.1, -0.05) is 0 Å². The number of esters is 1. The van der Waals surface area contributed by atoms with E-state index in [1.165, 1.54) is 0 Å². The first-order valence-corrected chi connectivity index (χ1v) is 5.99. The maximum atomic E-state index is 12.6. The van der Waals surface area contributed by atoms with Crippen LogP contribution in [0.2, 0.25) is 0 Å². The first kappa shape index (κ1) is 12.1. The number of hydrogen-bond donors (Lipinski definition) is 1. The van der Waals surface area contributed by atoms with Gasteiger partial charge >= 0.3 is 5.97 Å². The van der Waals surface area contributed by atoms with Gasteiger partial charge in [0.1, 0.15) is 12.4 Å². The summed E-state index contributed by atoms with van der Waals surface area (Å²) in [6.07, 6.45) is 0. The fourth-order valence-corrected chi connectivity index (χ4v) is 2.28. The van der Waals surface area contributed by atoms with Crippen LogP contribution in [0.1, 0.15) is 23.0 Å². The Morgan fingerprint density at radius 1 is 1.47 bits per heavy atom. The predicted octanol–water partition coefficient (Wildman–Crippen LogP) is 3.58. The molecule has 90 valence electrons. The summed E-state index contributed by atoms with van der Waals surface area (Å²) < 4.78 is 18.2. The first-order chi connectivity index (χ1) is 8.15. The molecule has 0 aliphatic rings. The molecular weight excluding hydrogens is 289 g/mol. The molecule has 1 N–H and O–H groups in total. The molecular formula is C12H11BrFNO2. The maximum Gasteiger partial charge on any atom is 0.354 e. The molecule has 0 atom stereocenters. The van der Waals surface area contributed by atoms with Gasteiger partial charge in [-0.25, -0.2) is 9.18 Å². The van der Waals surface area contributed by atoms with E-state index in [2.05, 4.69) is 20.9 Å². The quantitative estimate of drug-likeness (QED) is 0.880. The number of alkyl halides is 1. The summed E-state index contributed by atoms with van der Waals surface area (Å²) in [5.74, 6) is -0.405. The number of fused-ring (bicyclic) bond motifs is 1. The van der Waals surface area contributed by atoms with Crippen LogP contribution in [0.3, 0.4) is 0 Å². The first-order valence-electron chi connectivity index (χ1n) is 5.20. The van der Waals surface area contributed by atoms with Crippen molar-refractivity contribution in [1.29, 1.82) is 0 Å². The smallest absolute Gasteiger partial charge is 0.354 e. The second-order valence-corrected chi connectivity index (χ2v) is 4.43. The highest BCUT2D eigenvalue weighted by molar-refractivity contribution is 9.10. The van der Waals surface area contributed by atoms with Crippen LogP contribution in [-0.2, 0) is 11.4 Å². The van der Waals surface area contributed by atoms with Crippen molar-refractivity contribution in [2.45, 2.75) is 13.6 Å². The van der Waals surface area contributed by atoms with Crippen LogP contribution in [0.25, 0.3) is 10.9 Å². The van der Waals surface area contributed by atoms with Crippen molar-refractivity contribution in [3.05, 3.63) is 33.9 Å². The van der Waals surface area contributed by atoms with E-state index in [0.29, 0.717) is 17.9 Å². The Balaban J connectivity index is 2.49. The lowest BCUT2D eigenvalue weighted by molar-refractivity contribution is 0.0520. The zero-order valence-corrected chi connectivity index (χ0v) is 10.8. The number of halogens is 2. The summed E-state index contributed by atoms with van der Waals surface area (Å²) in [5.41, 5.74) is 1.71. The molecule has 0 aliphatic carbocycles. The van der Waals surface area contributed by atoms with Crippen LogP contribution in [0.5, 0.6) is 0 Å². The molecule has 1 aromatic heterocycles. The highest BCUT2D eigenvalue weighted by Crippen LogP contribution is 2.26. The molecule has 0 saturated heterocycles. The summed E-state index contributed by atoms with van der Waals surface area (Å²) in [7, 11) is 0. The van der Waals surface area contributed by atoms with E-state index >= 15 is 0 Å². The highest BCUT2D eigenvalue weighted by Gasteiger charge is 2.12. The minimum absolute atomic E-state index is 0.325. The molecule has 1 heterocycles. The Labute approximate surface area is 106 Å². The minimum Gasteiger partial charge on any atom is -0.461 e. The molecule has 0 amide bonds. The van der Waals surface area contributed by atoms with Crippen LogP contribution in [0.15, 0.2) is 22.7 Å². The number of H-pyrrole nitrogens is 1. The molecule has 5 heteroatoms. The lowest BCUT2D eigenvalue weighted by atomic mass is 10.2. The number of ether oxygens (including phenoxy) is 1. The maximum absolute atomic E-state index is 12.6. The normalized spacial score (nSPS) is 10.8. The van der Waals surface area contributed by atoms with E-state index in [1.54, 1.807) is 25.1 Å². The highest BCUT2D eigenvalue weighted by atomic mass is 79.9. The van der Waals surface area contributed by atoms with Gasteiger partial charge in [0, 0.05) is 9.86 Å². The van der Waals surface area contributed by atoms with Gasteiger partial charge in [0.15, 0.2) is 0 Å². The fraction of sp³-hybridized carbons (Fsp3) is 0.250. The van der Waals surface area contributed by atoms with Gasteiger partial charge in [-0.3, -0.25) is 0 Å². The average molecular weight is 300 g/mol. The molecule has 1 aromatic carbocycles. The summed E-state index contributed by atoms with van der Waals surface area (Å²) in [5, 5.41) is 0.787. The van der Waals surface area contributed by atoms with Crippen LogP contribution in [0, 0.1) is 0 Å². The molecule has 0 aliphatic heterocycles. The van der Waals surface area contributed by atoms with Gasteiger partial charge < -0.3 is 9.72 Å².